The molecule has 0 saturated heterocycles. The van der Waals surface area contributed by atoms with Gasteiger partial charge in [0, 0.05) is 19.9 Å². The van der Waals surface area contributed by atoms with E-state index in [9.17, 15) is 4.79 Å². The van der Waals surface area contributed by atoms with E-state index in [4.69, 9.17) is 11.6 Å². The van der Waals surface area contributed by atoms with Gasteiger partial charge in [-0.1, -0.05) is 22.0 Å². The Morgan fingerprint density at radius 3 is 2.92 bits per heavy atom. The van der Waals surface area contributed by atoms with Crippen LogP contribution in [-0.2, 0) is 0 Å². The summed E-state index contributed by atoms with van der Waals surface area (Å²) in [5, 5.41) is 2.31. The number of hydrogen-bond acceptors (Lipinski definition) is 2. The number of carbonyl (C=O) groups is 1. The smallest absolute Gasteiger partial charge is 0.253 e. The molecule has 0 aliphatic rings. The molecule has 0 atom stereocenters. The Morgan fingerprint density at radius 1 is 1.46 bits per heavy atom. The molecule has 1 heterocycles. The van der Waals surface area contributed by atoms with Crippen molar-refractivity contribution >= 4 is 54.2 Å². The molecule has 0 radical (unpaired) electrons. The fraction of sp³-hybridized carbons (Fsp3) is 0. The summed E-state index contributed by atoms with van der Waals surface area (Å²) in [6.45, 7) is 0. The van der Waals surface area contributed by atoms with E-state index in [1.807, 2.05) is 18.2 Å². The lowest BCUT2D eigenvalue weighted by molar-refractivity contribution is 0.108. The second kappa shape index (κ2) is 3.40. The number of carbonyl (C=O) groups excluding carboxylic acids is 1. The van der Waals surface area contributed by atoms with Gasteiger partial charge in [-0.05, 0) is 23.7 Å². The molecule has 4 heteroatoms. The van der Waals surface area contributed by atoms with Gasteiger partial charge in [-0.15, -0.1) is 11.3 Å². The van der Waals surface area contributed by atoms with Crippen LogP contribution in [0.2, 0.25) is 0 Å². The highest BCUT2D eigenvalue weighted by Crippen LogP contribution is 2.29. The number of benzene rings is 1. The molecule has 13 heavy (non-hydrogen) atoms. The Bertz CT molecular complexity index is 477. The first-order valence-electron chi connectivity index (χ1n) is 3.55. The lowest BCUT2D eigenvalue weighted by Crippen LogP contribution is -1.84. The van der Waals surface area contributed by atoms with Crippen LogP contribution in [0, 0.1) is 0 Å². The van der Waals surface area contributed by atoms with Crippen molar-refractivity contribution in [1.29, 1.82) is 0 Å². The fourth-order valence-electron chi connectivity index (χ4n) is 1.15. The van der Waals surface area contributed by atoms with E-state index in [0.29, 0.717) is 5.56 Å². The van der Waals surface area contributed by atoms with Gasteiger partial charge < -0.3 is 0 Å². The monoisotopic (exact) mass is 274 g/mol. The van der Waals surface area contributed by atoms with Gasteiger partial charge in [-0.3, -0.25) is 4.79 Å². The third kappa shape index (κ3) is 1.64. The molecule has 2 rings (SSSR count). The lowest BCUT2D eigenvalue weighted by atomic mass is 10.2. The number of hydrogen-bond donors (Lipinski definition) is 0. The maximum absolute atomic E-state index is 11.0. The maximum Gasteiger partial charge on any atom is 0.253 e. The Labute approximate surface area is 92.5 Å². The molecule has 1 aromatic heterocycles. The van der Waals surface area contributed by atoms with E-state index >= 15 is 0 Å². The predicted octanol–water partition coefficient (Wildman–Crippen LogP) is 4.04. The molecule has 1 nitrogen and oxygen atoms in total. The van der Waals surface area contributed by atoms with Gasteiger partial charge in [0.05, 0.1) is 5.56 Å². The van der Waals surface area contributed by atoms with E-state index in [1.54, 1.807) is 5.38 Å². The fourth-order valence-corrected chi connectivity index (χ4v) is 2.87. The summed E-state index contributed by atoms with van der Waals surface area (Å²) in [4.78, 5) is 11.0. The summed E-state index contributed by atoms with van der Waals surface area (Å²) in [6.07, 6.45) is 0. The second-order valence-corrected chi connectivity index (χ2v) is 4.73. The maximum atomic E-state index is 11.0. The Kier molecular flexibility index (Phi) is 2.41. The molecule has 0 fully saturated rings. The predicted molar refractivity (Wildman–Crippen MR) is 59.7 cm³/mol. The van der Waals surface area contributed by atoms with Crippen LogP contribution < -0.4 is 0 Å². The van der Waals surface area contributed by atoms with Gasteiger partial charge in [0.25, 0.3) is 5.24 Å². The van der Waals surface area contributed by atoms with Crippen LogP contribution in [0.1, 0.15) is 10.4 Å². The summed E-state index contributed by atoms with van der Waals surface area (Å²) >= 11 is 10.3. The van der Waals surface area contributed by atoms with Gasteiger partial charge in [0.1, 0.15) is 0 Å². The Hall–Kier alpha value is -0.380. The Morgan fingerprint density at radius 2 is 2.23 bits per heavy atom. The van der Waals surface area contributed by atoms with Crippen molar-refractivity contribution in [3.8, 4) is 0 Å². The zero-order valence-electron chi connectivity index (χ0n) is 6.38. The number of fused-ring (bicyclic) bond motifs is 1. The van der Waals surface area contributed by atoms with E-state index in [-0.39, 0.29) is 0 Å². The highest BCUT2D eigenvalue weighted by Gasteiger charge is 2.09. The lowest BCUT2D eigenvalue weighted by Gasteiger charge is -1.92. The topological polar surface area (TPSA) is 17.1 Å². The van der Waals surface area contributed by atoms with Gasteiger partial charge >= 0.3 is 0 Å². The Balaban J connectivity index is 2.76. The SMILES string of the molecule is O=C(Cl)c1csc2cc(Br)ccc12. The molecule has 0 N–H and O–H groups in total. The third-order valence-corrected chi connectivity index (χ3v) is 3.39. The minimum atomic E-state index is -0.395. The normalized spacial score (nSPS) is 10.6. The zero-order chi connectivity index (χ0) is 9.42. The van der Waals surface area contributed by atoms with E-state index < -0.39 is 5.24 Å². The van der Waals surface area contributed by atoms with Gasteiger partial charge in [0.2, 0.25) is 0 Å². The van der Waals surface area contributed by atoms with Crippen molar-refractivity contribution in [2.75, 3.05) is 0 Å². The van der Waals surface area contributed by atoms with Crippen LogP contribution in [0.25, 0.3) is 10.1 Å². The largest absolute Gasteiger partial charge is 0.276 e. The molecule has 0 amide bonds. The molecule has 0 unspecified atom stereocenters. The summed E-state index contributed by atoms with van der Waals surface area (Å²) in [5.74, 6) is 0. The molecular formula is C9H4BrClOS. The van der Waals surface area contributed by atoms with Crippen molar-refractivity contribution in [3.05, 3.63) is 33.6 Å². The molecule has 66 valence electrons. The van der Waals surface area contributed by atoms with Crippen LogP contribution in [-0.4, -0.2) is 5.24 Å². The standard InChI is InChI=1S/C9H4BrClOS/c10-5-1-2-6-7(9(11)12)4-13-8(6)3-5/h1-4H. The number of rotatable bonds is 1. The summed E-state index contributed by atoms with van der Waals surface area (Å²) in [5.41, 5.74) is 0.592. The summed E-state index contributed by atoms with van der Waals surface area (Å²) < 4.78 is 2.08. The molecule has 0 aliphatic heterocycles. The van der Waals surface area contributed by atoms with Crippen LogP contribution in [0.4, 0.5) is 0 Å². The van der Waals surface area contributed by atoms with Crippen molar-refractivity contribution < 1.29 is 4.79 Å². The number of halogens is 2. The van der Waals surface area contributed by atoms with Crippen molar-refractivity contribution in [2.24, 2.45) is 0 Å². The third-order valence-electron chi connectivity index (χ3n) is 1.75. The molecule has 1 aromatic carbocycles. The molecule has 0 saturated carbocycles. The summed E-state index contributed by atoms with van der Waals surface area (Å²) in [6, 6.07) is 5.77. The average molecular weight is 276 g/mol. The minimum Gasteiger partial charge on any atom is -0.276 e. The van der Waals surface area contributed by atoms with E-state index in [0.717, 1.165) is 14.6 Å². The van der Waals surface area contributed by atoms with Crippen molar-refractivity contribution in [3.63, 3.8) is 0 Å². The highest BCUT2D eigenvalue weighted by atomic mass is 79.9. The highest BCUT2D eigenvalue weighted by molar-refractivity contribution is 9.10. The first-order chi connectivity index (χ1) is 6.18. The molecule has 2 aromatic rings. The second-order valence-electron chi connectivity index (χ2n) is 2.56. The first kappa shape index (κ1) is 9.19. The van der Waals surface area contributed by atoms with Crippen molar-refractivity contribution in [1.82, 2.24) is 0 Å². The summed E-state index contributed by atoms with van der Waals surface area (Å²) in [7, 11) is 0. The van der Waals surface area contributed by atoms with E-state index in [2.05, 4.69) is 15.9 Å². The number of thiophene rings is 1. The van der Waals surface area contributed by atoms with Crippen LogP contribution >= 0.6 is 38.9 Å². The molecule has 0 aliphatic carbocycles. The van der Waals surface area contributed by atoms with Crippen LogP contribution in [0.15, 0.2) is 28.1 Å². The minimum absolute atomic E-state index is 0.395. The van der Waals surface area contributed by atoms with Crippen molar-refractivity contribution in [2.45, 2.75) is 0 Å². The first-order valence-corrected chi connectivity index (χ1v) is 5.60. The zero-order valence-corrected chi connectivity index (χ0v) is 9.54. The van der Waals surface area contributed by atoms with Crippen LogP contribution in [0.3, 0.4) is 0 Å². The quantitative estimate of drug-likeness (QED) is 0.718. The molecular weight excluding hydrogens is 272 g/mol. The van der Waals surface area contributed by atoms with Gasteiger partial charge in [0.15, 0.2) is 0 Å². The molecule has 0 spiro atoms. The van der Waals surface area contributed by atoms with Gasteiger partial charge in [-0.2, -0.15) is 0 Å². The average Bonchev–Trinajstić information content (AvgIpc) is 2.46. The van der Waals surface area contributed by atoms with Crippen LogP contribution in [0.5, 0.6) is 0 Å². The van der Waals surface area contributed by atoms with E-state index in [1.165, 1.54) is 11.3 Å². The van der Waals surface area contributed by atoms with Gasteiger partial charge in [-0.25, -0.2) is 0 Å². The molecule has 0 bridgehead atoms.